The van der Waals surface area contributed by atoms with Gasteiger partial charge in [0, 0.05) is 30.4 Å². The summed E-state index contributed by atoms with van der Waals surface area (Å²) >= 11 is 0. The topological polar surface area (TPSA) is 67.9 Å². The van der Waals surface area contributed by atoms with Gasteiger partial charge in [-0.3, -0.25) is 9.59 Å². The Hall–Kier alpha value is -3.02. The molecule has 0 unspecified atom stereocenters. The van der Waals surface area contributed by atoms with Crippen molar-refractivity contribution in [2.24, 2.45) is 5.92 Å². The molecular formula is C21H22N2O4. The van der Waals surface area contributed by atoms with Crippen LogP contribution >= 0.6 is 0 Å². The van der Waals surface area contributed by atoms with E-state index in [0.29, 0.717) is 31.3 Å². The standard InChI is InChI=1S/C21H22N2O4/c1-2-14-4-3-5-16(10-14)22-21(25)15-11-20(24)23(13-15)17-6-7-18-19(12-17)27-9-8-26-18/h3-7,10,12,15H,2,8-9,11,13H2,1H3,(H,22,25)/t15-/m1/s1. The van der Waals surface area contributed by atoms with Crippen LogP contribution in [0.25, 0.3) is 0 Å². The van der Waals surface area contributed by atoms with Crippen LogP contribution in [0.4, 0.5) is 11.4 Å². The number of carbonyl (C=O) groups excluding carboxylic acids is 2. The van der Waals surface area contributed by atoms with Gasteiger partial charge in [-0.2, -0.15) is 0 Å². The third-order valence-electron chi connectivity index (χ3n) is 4.94. The van der Waals surface area contributed by atoms with E-state index in [4.69, 9.17) is 9.47 Å². The molecule has 0 aliphatic carbocycles. The zero-order valence-corrected chi connectivity index (χ0v) is 15.2. The molecule has 6 nitrogen and oxygen atoms in total. The van der Waals surface area contributed by atoms with E-state index < -0.39 is 0 Å². The molecule has 140 valence electrons. The fourth-order valence-corrected chi connectivity index (χ4v) is 3.45. The Bertz CT molecular complexity index is 880. The quantitative estimate of drug-likeness (QED) is 0.903. The van der Waals surface area contributed by atoms with E-state index in [2.05, 4.69) is 12.2 Å². The van der Waals surface area contributed by atoms with Gasteiger partial charge in [0.1, 0.15) is 13.2 Å². The Labute approximate surface area is 158 Å². The highest BCUT2D eigenvalue weighted by Crippen LogP contribution is 2.36. The summed E-state index contributed by atoms with van der Waals surface area (Å²) in [7, 11) is 0. The van der Waals surface area contributed by atoms with E-state index in [1.54, 1.807) is 17.0 Å². The van der Waals surface area contributed by atoms with E-state index >= 15 is 0 Å². The molecule has 27 heavy (non-hydrogen) atoms. The van der Waals surface area contributed by atoms with E-state index in [-0.39, 0.29) is 24.2 Å². The van der Waals surface area contributed by atoms with Gasteiger partial charge >= 0.3 is 0 Å². The van der Waals surface area contributed by atoms with Crippen LogP contribution in [0.15, 0.2) is 42.5 Å². The van der Waals surface area contributed by atoms with Crippen molar-refractivity contribution in [2.45, 2.75) is 19.8 Å². The zero-order valence-electron chi connectivity index (χ0n) is 15.2. The molecule has 1 atom stereocenters. The number of nitrogens with one attached hydrogen (secondary N) is 1. The summed E-state index contributed by atoms with van der Waals surface area (Å²) in [6, 6.07) is 13.2. The Morgan fingerprint density at radius 3 is 2.78 bits per heavy atom. The lowest BCUT2D eigenvalue weighted by molar-refractivity contribution is -0.122. The first kappa shape index (κ1) is 17.4. The third kappa shape index (κ3) is 3.60. The van der Waals surface area contributed by atoms with Gasteiger partial charge in [0.2, 0.25) is 11.8 Å². The van der Waals surface area contributed by atoms with Gasteiger partial charge in [-0.15, -0.1) is 0 Å². The molecule has 2 aromatic rings. The second kappa shape index (κ2) is 7.31. The predicted molar refractivity (Wildman–Crippen MR) is 102 cm³/mol. The van der Waals surface area contributed by atoms with Gasteiger partial charge in [-0.25, -0.2) is 0 Å². The Morgan fingerprint density at radius 2 is 1.96 bits per heavy atom. The highest BCUT2D eigenvalue weighted by Gasteiger charge is 2.35. The maximum atomic E-state index is 12.6. The number of ether oxygens (including phenoxy) is 2. The number of anilines is 2. The molecule has 1 fully saturated rings. The lowest BCUT2D eigenvalue weighted by Crippen LogP contribution is -2.28. The molecule has 0 saturated carbocycles. The van der Waals surface area contributed by atoms with E-state index in [9.17, 15) is 9.59 Å². The minimum atomic E-state index is -0.379. The van der Waals surface area contributed by atoms with Crippen LogP contribution in [0.1, 0.15) is 18.9 Å². The average Bonchev–Trinajstić information content (AvgIpc) is 3.09. The number of hydrogen-bond donors (Lipinski definition) is 1. The maximum absolute atomic E-state index is 12.6. The molecule has 0 aromatic heterocycles. The van der Waals surface area contributed by atoms with Crippen LogP contribution in [-0.2, 0) is 16.0 Å². The second-order valence-corrected chi connectivity index (χ2v) is 6.78. The molecular weight excluding hydrogens is 344 g/mol. The minimum absolute atomic E-state index is 0.0610. The zero-order chi connectivity index (χ0) is 18.8. The Kier molecular flexibility index (Phi) is 4.71. The number of amides is 2. The van der Waals surface area contributed by atoms with E-state index in [1.165, 1.54) is 0 Å². The fraction of sp³-hybridized carbons (Fsp3) is 0.333. The third-order valence-corrected chi connectivity index (χ3v) is 4.94. The van der Waals surface area contributed by atoms with Gasteiger partial charge in [0.15, 0.2) is 11.5 Å². The van der Waals surface area contributed by atoms with Crippen molar-refractivity contribution in [3.63, 3.8) is 0 Å². The maximum Gasteiger partial charge on any atom is 0.229 e. The SMILES string of the molecule is CCc1cccc(NC(=O)[C@@H]2CC(=O)N(c3ccc4c(c3)OCCO4)C2)c1. The van der Waals surface area contributed by atoms with Crippen molar-refractivity contribution in [1.29, 1.82) is 0 Å². The predicted octanol–water partition coefficient (Wildman–Crippen LogP) is 3.01. The summed E-state index contributed by atoms with van der Waals surface area (Å²) in [6.45, 7) is 3.45. The van der Waals surface area contributed by atoms with Gasteiger partial charge in [-0.05, 0) is 36.2 Å². The molecule has 1 saturated heterocycles. The molecule has 2 aliphatic rings. The lowest BCUT2D eigenvalue weighted by Gasteiger charge is -2.22. The smallest absolute Gasteiger partial charge is 0.229 e. The van der Waals surface area contributed by atoms with Crippen molar-refractivity contribution < 1.29 is 19.1 Å². The molecule has 2 amide bonds. The molecule has 6 heteroatoms. The van der Waals surface area contributed by atoms with Gasteiger partial charge in [-0.1, -0.05) is 19.1 Å². The van der Waals surface area contributed by atoms with Crippen molar-refractivity contribution in [1.82, 2.24) is 0 Å². The number of hydrogen-bond acceptors (Lipinski definition) is 4. The molecule has 4 rings (SSSR count). The van der Waals surface area contributed by atoms with Crippen LogP contribution in [0.3, 0.4) is 0 Å². The number of fused-ring (bicyclic) bond motifs is 1. The molecule has 1 N–H and O–H groups in total. The first-order valence-electron chi connectivity index (χ1n) is 9.24. The monoisotopic (exact) mass is 366 g/mol. The van der Waals surface area contributed by atoms with Crippen LogP contribution in [-0.4, -0.2) is 31.6 Å². The highest BCUT2D eigenvalue weighted by atomic mass is 16.6. The van der Waals surface area contributed by atoms with Crippen molar-refractivity contribution in [3.8, 4) is 11.5 Å². The summed E-state index contributed by atoms with van der Waals surface area (Å²) in [4.78, 5) is 26.8. The van der Waals surface area contributed by atoms with Crippen LogP contribution in [0, 0.1) is 5.92 Å². The number of benzene rings is 2. The van der Waals surface area contributed by atoms with Gasteiger partial charge in [0.05, 0.1) is 5.92 Å². The van der Waals surface area contributed by atoms with Crippen LogP contribution in [0.5, 0.6) is 11.5 Å². The summed E-state index contributed by atoms with van der Waals surface area (Å²) in [6.07, 6.45) is 1.11. The summed E-state index contributed by atoms with van der Waals surface area (Å²) < 4.78 is 11.1. The van der Waals surface area contributed by atoms with Crippen molar-refractivity contribution >= 4 is 23.2 Å². The first-order valence-corrected chi connectivity index (χ1v) is 9.24. The van der Waals surface area contributed by atoms with Gasteiger partial charge in [0.25, 0.3) is 0 Å². The molecule has 2 aliphatic heterocycles. The lowest BCUT2D eigenvalue weighted by atomic mass is 10.1. The normalized spacial score (nSPS) is 18.5. The first-order chi connectivity index (χ1) is 13.1. The summed E-state index contributed by atoms with van der Waals surface area (Å²) in [5.74, 6) is 0.749. The van der Waals surface area contributed by atoms with Crippen molar-refractivity contribution in [3.05, 3.63) is 48.0 Å². The van der Waals surface area contributed by atoms with Crippen LogP contribution in [0.2, 0.25) is 0 Å². The van der Waals surface area contributed by atoms with Crippen molar-refractivity contribution in [2.75, 3.05) is 30.0 Å². The number of rotatable bonds is 4. The number of aryl methyl sites for hydroxylation is 1. The second-order valence-electron chi connectivity index (χ2n) is 6.78. The number of carbonyl (C=O) groups is 2. The largest absolute Gasteiger partial charge is 0.486 e. The van der Waals surface area contributed by atoms with E-state index in [0.717, 1.165) is 23.4 Å². The number of nitrogens with zero attached hydrogens (tertiary/aromatic N) is 1. The fourth-order valence-electron chi connectivity index (χ4n) is 3.45. The molecule has 0 bridgehead atoms. The Balaban J connectivity index is 1.46. The highest BCUT2D eigenvalue weighted by molar-refractivity contribution is 6.03. The molecule has 2 heterocycles. The Morgan fingerprint density at radius 1 is 1.15 bits per heavy atom. The van der Waals surface area contributed by atoms with Gasteiger partial charge < -0.3 is 19.7 Å². The molecule has 0 spiro atoms. The van der Waals surface area contributed by atoms with E-state index in [1.807, 2.05) is 30.3 Å². The molecule has 0 radical (unpaired) electrons. The van der Waals surface area contributed by atoms with Crippen LogP contribution < -0.4 is 19.7 Å². The average molecular weight is 366 g/mol. The summed E-state index contributed by atoms with van der Waals surface area (Å²) in [5.41, 5.74) is 2.66. The minimum Gasteiger partial charge on any atom is -0.486 e. The molecule has 2 aromatic carbocycles. The summed E-state index contributed by atoms with van der Waals surface area (Å²) in [5, 5.41) is 2.94.